The van der Waals surface area contributed by atoms with E-state index in [1.165, 1.54) is 12.1 Å². The van der Waals surface area contributed by atoms with Gasteiger partial charge in [0.05, 0.1) is 11.1 Å². The van der Waals surface area contributed by atoms with E-state index in [9.17, 15) is 17.6 Å². The van der Waals surface area contributed by atoms with Gasteiger partial charge in [0.2, 0.25) is 0 Å². The molecule has 0 spiro atoms. The molecule has 0 bridgehead atoms. The van der Waals surface area contributed by atoms with E-state index in [0.29, 0.717) is 0 Å². The van der Waals surface area contributed by atoms with Crippen molar-refractivity contribution in [3.05, 3.63) is 34.6 Å². The maximum absolute atomic E-state index is 13.3. The summed E-state index contributed by atoms with van der Waals surface area (Å²) in [6.07, 6.45) is -7.74. The molecule has 2 nitrogen and oxygen atoms in total. The summed E-state index contributed by atoms with van der Waals surface area (Å²) in [6, 6.07) is 1.57. The van der Waals surface area contributed by atoms with Crippen LogP contribution in [0.2, 0.25) is 5.02 Å². The molecular formula is C9H8ClF4NO. The number of alkyl halides is 3. The zero-order chi connectivity index (χ0) is 12.5. The second-order valence-electron chi connectivity index (χ2n) is 3.16. The number of benzene rings is 1. The van der Waals surface area contributed by atoms with E-state index < -0.39 is 29.7 Å². The zero-order valence-corrected chi connectivity index (χ0v) is 8.56. The van der Waals surface area contributed by atoms with Gasteiger partial charge in [-0.3, -0.25) is 0 Å². The lowest BCUT2D eigenvalue weighted by Crippen LogP contribution is -2.39. The fourth-order valence-electron chi connectivity index (χ4n) is 1.15. The Kier molecular flexibility index (Phi) is 3.77. The van der Waals surface area contributed by atoms with Crippen molar-refractivity contribution >= 4 is 11.6 Å². The largest absolute Gasteiger partial charge is 0.416 e. The van der Waals surface area contributed by atoms with Gasteiger partial charge >= 0.3 is 6.18 Å². The molecule has 0 saturated carbocycles. The Bertz CT molecular complexity index is 382. The van der Waals surface area contributed by atoms with Gasteiger partial charge in [0.1, 0.15) is 5.82 Å². The predicted octanol–water partition coefficient (Wildman–Crippen LogP) is 2.40. The first-order valence-electron chi connectivity index (χ1n) is 4.19. The van der Waals surface area contributed by atoms with Gasteiger partial charge in [-0.25, -0.2) is 4.39 Å². The maximum Gasteiger partial charge on any atom is 0.416 e. The van der Waals surface area contributed by atoms with E-state index in [0.717, 1.165) is 6.07 Å². The van der Waals surface area contributed by atoms with Crippen molar-refractivity contribution in [2.45, 2.75) is 18.3 Å². The van der Waals surface area contributed by atoms with Crippen LogP contribution < -0.4 is 5.73 Å². The first-order valence-corrected chi connectivity index (χ1v) is 4.57. The van der Waals surface area contributed by atoms with Crippen LogP contribution in [-0.4, -0.2) is 17.4 Å². The molecule has 16 heavy (non-hydrogen) atoms. The van der Waals surface area contributed by atoms with E-state index >= 15 is 0 Å². The molecule has 0 radical (unpaired) electrons. The van der Waals surface area contributed by atoms with Crippen LogP contribution in [0.25, 0.3) is 0 Å². The fraction of sp³-hybridized carbons (Fsp3) is 0.333. The van der Waals surface area contributed by atoms with Gasteiger partial charge in [-0.05, 0) is 6.07 Å². The maximum atomic E-state index is 13.3. The summed E-state index contributed by atoms with van der Waals surface area (Å²) in [5.41, 5.74) is 4.65. The van der Waals surface area contributed by atoms with Gasteiger partial charge < -0.3 is 10.8 Å². The van der Waals surface area contributed by atoms with E-state index in [1.807, 2.05) is 0 Å². The highest BCUT2D eigenvalue weighted by molar-refractivity contribution is 6.30. The Labute approximate surface area is 93.6 Å². The molecule has 0 aromatic heterocycles. The molecule has 90 valence electrons. The van der Waals surface area contributed by atoms with Crippen LogP contribution in [0.1, 0.15) is 11.6 Å². The topological polar surface area (TPSA) is 46.2 Å². The van der Waals surface area contributed by atoms with E-state index in [2.05, 4.69) is 0 Å². The molecule has 0 unspecified atom stereocenters. The standard InChI is InChI=1S/C9H8ClF4NO/c10-5-3-1-2-4(6(5)11)7(15)8(16)9(12,13)14/h1-3,7-8,16H,15H2/t7-,8-/m0/s1. The van der Waals surface area contributed by atoms with Crippen molar-refractivity contribution in [1.29, 1.82) is 0 Å². The summed E-state index contributed by atoms with van der Waals surface area (Å²) in [4.78, 5) is 0. The second-order valence-corrected chi connectivity index (χ2v) is 3.56. The van der Waals surface area contributed by atoms with Crippen LogP contribution in [0.5, 0.6) is 0 Å². The van der Waals surface area contributed by atoms with Crippen molar-refractivity contribution in [3.63, 3.8) is 0 Å². The van der Waals surface area contributed by atoms with E-state index in [4.69, 9.17) is 22.4 Å². The molecule has 0 saturated heterocycles. The number of hydrogen-bond donors (Lipinski definition) is 2. The lowest BCUT2D eigenvalue weighted by atomic mass is 10.0. The van der Waals surface area contributed by atoms with Crippen molar-refractivity contribution in [2.24, 2.45) is 5.73 Å². The monoisotopic (exact) mass is 257 g/mol. The molecule has 1 aromatic carbocycles. The van der Waals surface area contributed by atoms with Crippen LogP contribution in [0.3, 0.4) is 0 Å². The summed E-state index contributed by atoms with van der Waals surface area (Å²) in [7, 11) is 0. The summed E-state index contributed by atoms with van der Waals surface area (Å²) in [6.45, 7) is 0. The molecule has 1 rings (SSSR count). The van der Waals surface area contributed by atoms with Crippen LogP contribution in [0, 0.1) is 5.82 Å². The Hall–Kier alpha value is -0.850. The van der Waals surface area contributed by atoms with Crippen LogP contribution in [0.4, 0.5) is 17.6 Å². The third-order valence-corrected chi connectivity index (χ3v) is 2.31. The van der Waals surface area contributed by atoms with Crippen molar-refractivity contribution in [2.75, 3.05) is 0 Å². The first kappa shape index (κ1) is 13.2. The van der Waals surface area contributed by atoms with Crippen LogP contribution in [0.15, 0.2) is 18.2 Å². The van der Waals surface area contributed by atoms with Gasteiger partial charge in [0.25, 0.3) is 0 Å². The van der Waals surface area contributed by atoms with E-state index in [-0.39, 0.29) is 5.02 Å². The van der Waals surface area contributed by atoms with Crippen molar-refractivity contribution < 1.29 is 22.7 Å². The third kappa shape index (κ3) is 2.63. The number of aliphatic hydroxyl groups is 1. The smallest absolute Gasteiger partial charge is 0.382 e. The molecule has 0 aliphatic rings. The highest BCUT2D eigenvalue weighted by atomic mass is 35.5. The molecule has 0 fully saturated rings. The second kappa shape index (κ2) is 4.57. The fourth-order valence-corrected chi connectivity index (χ4v) is 1.33. The number of rotatable bonds is 2. The number of nitrogens with two attached hydrogens (primary N) is 1. The average molecular weight is 258 g/mol. The summed E-state index contributed by atoms with van der Waals surface area (Å²) in [5, 5.41) is 8.52. The Morgan fingerprint density at radius 3 is 2.38 bits per heavy atom. The molecule has 2 atom stereocenters. The van der Waals surface area contributed by atoms with Gasteiger partial charge in [-0.15, -0.1) is 0 Å². The molecule has 3 N–H and O–H groups in total. The Morgan fingerprint density at radius 2 is 1.88 bits per heavy atom. The summed E-state index contributed by atoms with van der Waals surface area (Å²) >= 11 is 5.38. The quantitative estimate of drug-likeness (QED) is 0.799. The minimum Gasteiger partial charge on any atom is -0.382 e. The summed E-state index contributed by atoms with van der Waals surface area (Å²) in [5.74, 6) is -1.06. The predicted molar refractivity (Wildman–Crippen MR) is 50.4 cm³/mol. The van der Waals surface area contributed by atoms with Crippen molar-refractivity contribution in [3.8, 4) is 0 Å². The number of aliphatic hydroxyl groups excluding tert-OH is 1. The SMILES string of the molecule is N[C@@H](c1cccc(Cl)c1F)[C@H](O)C(F)(F)F. The molecule has 0 heterocycles. The molecule has 1 aromatic rings. The molecule has 0 amide bonds. The minimum absolute atomic E-state index is 0.345. The zero-order valence-electron chi connectivity index (χ0n) is 7.80. The van der Waals surface area contributed by atoms with Crippen LogP contribution in [-0.2, 0) is 0 Å². The van der Waals surface area contributed by atoms with Gasteiger partial charge in [0.15, 0.2) is 6.10 Å². The van der Waals surface area contributed by atoms with Gasteiger partial charge in [-0.2, -0.15) is 13.2 Å². The summed E-state index contributed by atoms with van der Waals surface area (Å²) < 4.78 is 49.7. The molecule has 7 heteroatoms. The molecule has 0 aliphatic heterocycles. The van der Waals surface area contributed by atoms with Gasteiger partial charge in [-0.1, -0.05) is 23.7 Å². The average Bonchev–Trinajstić information content (AvgIpc) is 2.18. The van der Waals surface area contributed by atoms with Crippen LogP contribution >= 0.6 is 11.6 Å². The Balaban J connectivity index is 3.06. The normalized spacial score (nSPS) is 15.9. The minimum atomic E-state index is -4.91. The lowest BCUT2D eigenvalue weighted by Gasteiger charge is -2.22. The van der Waals surface area contributed by atoms with E-state index in [1.54, 1.807) is 0 Å². The molecular weight excluding hydrogens is 250 g/mol. The number of halogens is 5. The van der Waals surface area contributed by atoms with Gasteiger partial charge in [0, 0.05) is 5.56 Å². The highest BCUT2D eigenvalue weighted by Gasteiger charge is 2.43. The Morgan fingerprint density at radius 1 is 1.31 bits per heavy atom. The highest BCUT2D eigenvalue weighted by Crippen LogP contribution is 2.31. The molecule has 0 aliphatic carbocycles. The first-order chi connectivity index (χ1) is 7.25. The lowest BCUT2D eigenvalue weighted by molar-refractivity contribution is -0.210. The van der Waals surface area contributed by atoms with Crippen molar-refractivity contribution in [1.82, 2.24) is 0 Å². The number of hydrogen-bond acceptors (Lipinski definition) is 2. The third-order valence-electron chi connectivity index (χ3n) is 2.02.